The van der Waals surface area contributed by atoms with Gasteiger partial charge in [-0.1, -0.05) is 0 Å². The summed E-state index contributed by atoms with van der Waals surface area (Å²) in [6, 6.07) is 6.36. The van der Waals surface area contributed by atoms with Crippen molar-refractivity contribution < 1.29 is 4.39 Å². The van der Waals surface area contributed by atoms with Crippen LogP contribution in [0.4, 0.5) is 21.6 Å². The smallest absolute Gasteiger partial charge is 0.154 e. The molecule has 0 bridgehead atoms. The molecule has 0 radical (unpaired) electrons. The Bertz CT molecular complexity index is 545. The average molecular weight is 248 g/mol. The molecule has 18 heavy (non-hydrogen) atoms. The van der Waals surface area contributed by atoms with Crippen LogP contribution in [0, 0.1) is 12.7 Å². The lowest BCUT2D eigenvalue weighted by atomic mass is 10.2. The highest BCUT2D eigenvalue weighted by Gasteiger charge is 2.17. The molecule has 0 aliphatic rings. The number of nitrogens with two attached hydrogens (primary N) is 1. The molecule has 1 heterocycles. The fourth-order valence-corrected chi connectivity index (χ4v) is 2.06. The van der Waals surface area contributed by atoms with Gasteiger partial charge in [0.2, 0.25) is 0 Å². The molecule has 2 aromatic rings. The molecule has 0 aliphatic carbocycles. The zero-order valence-corrected chi connectivity index (χ0v) is 10.8. The highest BCUT2D eigenvalue weighted by atomic mass is 19.1. The number of rotatable bonds is 3. The summed E-state index contributed by atoms with van der Waals surface area (Å²) in [6.45, 7) is 4.62. The van der Waals surface area contributed by atoms with Crippen molar-refractivity contribution in [3.05, 3.63) is 35.8 Å². The lowest BCUT2D eigenvalue weighted by molar-refractivity contribution is 0.627. The van der Waals surface area contributed by atoms with Crippen molar-refractivity contribution in [1.82, 2.24) is 9.78 Å². The Labute approximate surface area is 106 Å². The number of benzene rings is 1. The van der Waals surface area contributed by atoms with Gasteiger partial charge in [0, 0.05) is 19.3 Å². The zero-order chi connectivity index (χ0) is 13.3. The van der Waals surface area contributed by atoms with E-state index in [9.17, 15) is 4.39 Å². The minimum Gasteiger partial charge on any atom is -0.394 e. The SMILES string of the molecule is CCN(c1ccc(F)cc1)c1c(N)c(C)nn1C. The molecule has 0 amide bonds. The molecular weight excluding hydrogens is 231 g/mol. The second kappa shape index (κ2) is 4.68. The zero-order valence-electron chi connectivity index (χ0n) is 10.8. The Balaban J connectivity index is 2.48. The largest absolute Gasteiger partial charge is 0.394 e. The molecule has 1 aromatic carbocycles. The van der Waals surface area contributed by atoms with E-state index >= 15 is 0 Å². The van der Waals surface area contributed by atoms with Crippen LogP contribution < -0.4 is 10.6 Å². The minimum atomic E-state index is -0.246. The van der Waals surface area contributed by atoms with Gasteiger partial charge in [0.15, 0.2) is 5.82 Å². The Morgan fingerprint density at radius 2 is 1.94 bits per heavy atom. The first-order valence-corrected chi connectivity index (χ1v) is 5.86. The average Bonchev–Trinajstić information content (AvgIpc) is 2.59. The standard InChI is InChI=1S/C13H17FN4/c1-4-18(11-7-5-10(14)6-8-11)13-12(15)9(2)16-17(13)3/h5-8H,4,15H2,1-3H3. The van der Waals surface area contributed by atoms with Crippen molar-refractivity contribution in [2.24, 2.45) is 7.05 Å². The van der Waals surface area contributed by atoms with E-state index in [1.807, 2.05) is 25.8 Å². The molecule has 0 fully saturated rings. The van der Waals surface area contributed by atoms with E-state index in [0.717, 1.165) is 23.7 Å². The summed E-state index contributed by atoms with van der Waals surface area (Å²) in [6.07, 6.45) is 0. The van der Waals surface area contributed by atoms with E-state index < -0.39 is 0 Å². The van der Waals surface area contributed by atoms with Gasteiger partial charge in [-0.3, -0.25) is 4.68 Å². The molecule has 0 atom stereocenters. The van der Waals surface area contributed by atoms with Crippen LogP contribution in [0.15, 0.2) is 24.3 Å². The summed E-state index contributed by atoms with van der Waals surface area (Å²) in [4.78, 5) is 2.01. The molecule has 0 aliphatic heterocycles. The predicted molar refractivity (Wildman–Crippen MR) is 71.4 cm³/mol. The maximum absolute atomic E-state index is 13.0. The Morgan fingerprint density at radius 1 is 1.33 bits per heavy atom. The second-order valence-electron chi connectivity index (χ2n) is 4.17. The number of aromatic nitrogens is 2. The molecule has 0 saturated carbocycles. The van der Waals surface area contributed by atoms with Crippen LogP contribution in [0.2, 0.25) is 0 Å². The fraction of sp³-hybridized carbons (Fsp3) is 0.308. The van der Waals surface area contributed by atoms with Gasteiger partial charge in [-0.25, -0.2) is 4.39 Å². The van der Waals surface area contributed by atoms with Gasteiger partial charge in [-0.2, -0.15) is 5.10 Å². The number of anilines is 3. The molecule has 4 nitrogen and oxygen atoms in total. The lowest BCUT2D eigenvalue weighted by Gasteiger charge is -2.23. The monoisotopic (exact) mass is 248 g/mol. The minimum absolute atomic E-state index is 0.246. The predicted octanol–water partition coefficient (Wildman–Crippen LogP) is 2.61. The molecule has 0 saturated heterocycles. The van der Waals surface area contributed by atoms with E-state index in [2.05, 4.69) is 5.10 Å². The van der Waals surface area contributed by atoms with Gasteiger partial charge in [0.1, 0.15) is 5.82 Å². The molecule has 96 valence electrons. The van der Waals surface area contributed by atoms with Gasteiger partial charge >= 0.3 is 0 Å². The third-order valence-corrected chi connectivity index (χ3v) is 2.95. The number of aryl methyl sites for hydroxylation is 2. The third kappa shape index (κ3) is 2.03. The maximum Gasteiger partial charge on any atom is 0.154 e. The topological polar surface area (TPSA) is 47.1 Å². The summed E-state index contributed by atoms with van der Waals surface area (Å²) < 4.78 is 14.7. The van der Waals surface area contributed by atoms with Gasteiger partial charge in [0.25, 0.3) is 0 Å². The van der Waals surface area contributed by atoms with E-state index in [1.54, 1.807) is 16.8 Å². The normalized spacial score (nSPS) is 10.7. The third-order valence-electron chi connectivity index (χ3n) is 2.95. The Hall–Kier alpha value is -2.04. The van der Waals surface area contributed by atoms with Crippen molar-refractivity contribution in [3.63, 3.8) is 0 Å². The van der Waals surface area contributed by atoms with E-state index in [-0.39, 0.29) is 5.82 Å². The molecular formula is C13H17FN4. The first kappa shape index (κ1) is 12.4. The van der Waals surface area contributed by atoms with Crippen LogP contribution in [0.5, 0.6) is 0 Å². The lowest BCUT2D eigenvalue weighted by Crippen LogP contribution is -2.20. The number of halogens is 1. The van der Waals surface area contributed by atoms with E-state index in [1.165, 1.54) is 12.1 Å². The molecule has 0 spiro atoms. The van der Waals surface area contributed by atoms with Crippen LogP contribution in [0.3, 0.4) is 0 Å². The van der Waals surface area contributed by atoms with Gasteiger partial charge in [-0.15, -0.1) is 0 Å². The van der Waals surface area contributed by atoms with E-state index in [0.29, 0.717) is 5.69 Å². The molecule has 2 rings (SSSR count). The van der Waals surface area contributed by atoms with Crippen LogP contribution in [0.25, 0.3) is 0 Å². The van der Waals surface area contributed by atoms with Gasteiger partial charge in [0.05, 0.1) is 11.4 Å². The van der Waals surface area contributed by atoms with Crippen molar-refractivity contribution >= 4 is 17.2 Å². The highest BCUT2D eigenvalue weighted by molar-refractivity contribution is 5.73. The number of nitrogen functional groups attached to an aromatic ring is 1. The Kier molecular flexibility index (Phi) is 3.23. The van der Waals surface area contributed by atoms with E-state index in [4.69, 9.17) is 5.73 Å². The summed E-state index contributed by atoms with van der Waals surface area (Å²) >= 11 is 0. The molecule has 2 N–H and O–H groups in total. The first-order chi connectivity index (χ1) is 8.54. The second-order valence-corrected chi connectivity index (χ2v) is 4.17. The molecule has 5 heteroatoms. The van der Waals surface area contributed by atoms with Crippen molar-refractivity contribution in [1.29, 1.82) is 0 Å². The summed E-state index contributed by atoms with van der Waals surface area (Å²) in [5, 5.41) is 4.30. The Morgan fingerprint density at radius 3 is 2.39 bits per heavy atom. The number of hydrogen-bond acceptors (Lipinski definition) is 3. The van der Waals surface area contributed by atoms with Crippen LogP contribution in [-0.4, -0.2) is 16.3 Å². The van der Waals surface area contributed by atoms with Crippen molar-refractivity contribution in [2.75, 3.05) is 17.2 Å². The molecule has 1 aromatic heterocycles. The number of hydrogen-bond donors (Lipinski definition) is 1. The van der Waals surface area contributed by atoms with Crippen molar-refractivity contribution in [3.8, 4) is 0 Å². The van der Waals surface area contributed by atoms with Gasteiger partial charge < -0.3 is 10.6 Å². The summed E-state index contributed by atoms with van der Waals surface area (Å²) in [5.41, 5.74) is 8.40. The van der Waals surface area contributed by atoms with Crippen molar-refractivity contribution in [2.45, 2.75) is 13.8 Å². The maximum atomic E-state index is 13.0. The first-order valence-electron chi connectivity index (χ1n) is 5.86. The quantitative estimate of drug-likeness (QED) is 0.908. The molecule has 0 unspecified atom stereocenters. The summed E-state index contributed by atoms with van der Waals surface area (Å²) in [5.74, 6) is 0.588. The van der Waals surface area contributed by atoms with Crippen LogP contribution >= 0.6 is 0 Å². The van der Waals surface area contributed by atoms with Gasteiger partial charge in [-0.05, 0) is 38.1 Å². The fourth-order valence-electron chi connectivity index (χ4n) is 2.06. The number of nitrogens with zero attached hydrogens (tertiary/aromatic N) is 3. The van der Waals surface area contributed by atoms with Crippen LogP contribution in [-0.2, 0) is 7.05 Å². The highest BCUT2D eigenvalue weighted by Crippen LogP contribution is 2.31. The summed E-state index contributed by atoms with van der Waals surface area (Å²) in [7, 11) is 1.85. The van der Waals surface area contributed by atoms with Crippen LogP contribution in [0.1, 0.15) is 12.6 Å².